The number of halogens is 1. The summed E-state index contributed by atoms with van der Waals surface area (Å²) in [6.45, 7) is 2.17. The molecule has 1 N–H and O–H groups in total. The topological polar surface area (TPSA) is 20.2 Å². The Bertz CT molecular complexity index is 442. The molecule has 0 aliphatic carbocycles. The van der Waals surface area contributed by atoms with Gasteiger partial charge in [0.05, 0.1) is 0 Å². The SMILES string of the molecule is Cc1ccc(C(CCO)c2ccc(F)cc2)cc1. The Hall–Kier alpha value is -1.67. The molecule has 2 rings (SSSR count). The fourth-order valence-electron chi connectivity index (χ4n) is 2.15. The lowest BCUT2D eigenvalue weighted by atomic mass is 9.88. The number of aliphatic hydroxyl groups is 1. The number of aryl methyl sites for hydroxylation is 1. The van der Waals surface area contributed by atoms with Crippen LogP contribution in [0, 0.1) is 12.7 Å². The molecule has 0 saturated heterocycles. The molecule has 0 amide bonds. The predicted molar refractivity (Wildman–Crippen MR) is 71.1 cm³/mol. The molecular formula is C16H17FO. The van der Waals surface area contributed by atoms with E-state index in [1.807, 2.05) is 6.92 Å². The molecule has 2 aromatic carbocycles. The summed E-state index contributed by atoms with van der Waals surface area (Å²) in [6, 6.07) is 14.8. The van der Waals surface area contributed by atoms with Crippen molar-refractivity contribution in [2.45, 2.75) is 19.3 Å². The number of hydrogen-bond donors (Lipinski definition) is 1. The number of aliphatic hydroxyl groups excluding tert-OH is 1. The predicted octanol–water partition coefficient (Wildman–Crippen LogP) is 3.65. The van der Waals surface area contributed by atoms with E-state index in [4.69, 9.17) is 0 Å². The van der Waals surface area contributed by atoms with Gasteiger partial charge in [0.1, 0.15) is 5.82 Å². The Balaban J connectivity index is 2.33. The van der Waals surface area contributed by atoms with Crippen molar-refractivity contribution in [3.8, 4) is 0 Å². The van der Waals surface area contributed by atoms with Crippen LogP contribution in [0.4, 0.5) is 4.39 Å². The van der Waals surface area contributed by atoms with E-state index in [1.165, 1.54) is 17.7 Å². The Labute approximate surface area is 107 Å². The molecule has 0 heterocycles. The van der Waals surface area contributed by atoms with Crippen LogP contribution in [0.25, 0.3) is 0 Å². The molecule has 0 saturated carbocycles. The maximum atomic E-state index is 12.9. The van der Waals surface area contributed by atoms with Crippen LogP contribution in [-0.2, 0) is 0 Å². The molecule has 2 heteroatoms. The zero-order valence-electron chi connectivity index (χ0n) is 10.4. The first-order chi connectivity index (χ1) is 8.70. The Morgan fingerprint density at radius 2 is 1.44 bits per heavy atom. The second-order valence-corrected chi connectivity index (χ2v) is 4.53. The van der Waals surface area contributed by atoms with Crippen molar-refractivity contribution in [1.29, 1.82) is 0 Å². The van der Waals surface area contributed by atoms with Crippen molar-refractivity contribution >= 4 is 0 Å². The molecule has 94 valence electrons. The van der Waals surface area contributed by atoms with Crippen molar-refractivity contribution < 1.29 is 9.50 Å². The van der Waals surface area contributed by atoms with E-state index in [1.54, 1.807) is 12.1 Å². The van der Waals surface area contributed by atoms with Crippen LogP contribution in [0.15, 0.2) is 48.5 Å². The minimum absolute atomic E-state index is 0.121. The van der Waals surface area contributed by atoms with Crippen molar-refractivity contribution in [2.24, 2.45) is 0 Å². The van der Waals surface area contributed by atoms with E-state index in [9.17, 15) is 9.50 Å². The maximum absolute atomic E-state index is 12.9. The Kier molecular flexibility index (Phi) is 4.11. The average molecular weight is 244 g/mol. The van der Waals surface area contributed by atoms with Crippen molar-refractivity contribution in [2.75, 3.05) is 6.61 Å². The summed E-state index contributed by atoms with van der Waals surface area (Å²) in [5.41, 5.74) is 3.40. The molecular weight excluding hydrogens is 227 g/mol. The lowest BCUT2D eigenvalue weighted by molar-refractivity contribution is 0.281. The standard InChI is InChI=1S/C16H17FO/c1-12-2-4-13(5-3-12)16(10-11-18)14-6-8-15(17)9-7-14/h2-9,16,18H,10-11H2,1H3. The molecule has 0 spiro atoms. The van der Waals surface area contributed by atoms with Crippen LogP contribution in [0.5, 0.6) is 0 Å². The highest BCUT2D eigenvalue weighted by atomic mass is 19.1. The zero-order valence-corrected chi connectivity index (χ0v) is 10.4. The third kappa shape index (κ3) is 2.96. The normalized spacial score (nSPS) is 12.4. The van der Waals surface area contributed by atoms with E-state index in [-0.39, 0.29) is 18.3 Å². The lowest BCUT2D eigenvalue weighted by Crippen LogP contribution is -2.03. The largest absolute Gasteiger partial charge is 0.396 e. The molecule has 18 heavy (non-hydrogen) atoms. The Morgan fingerprint density at radius 3 is 1.94 bits per heavy atom. The molecule has 0 bridgehead atoms. The molecule has 1 unspecified atom stereocenters. The third-order valence-corrected chi connectivity index (χ3v) is 3.17. The van der Waals surface area contributed by atoms with E-state index in [0.29, 0.717) is 6.42 Å². The molecule has 0 aromatic heterocycles. The van der Waals surface area contributed by atoms with Gasteiger partial charge in [-0.3, -0.25) is 0 Å². The highest BCUT2D eigenvalue weighted by molar-refractivity contribution is 5.34. The number of benzene rings is 2. The van der Waals surface area contributed by atoms with E-state index >= 15 is 0 Å². The number of rotatable bonds is 4. The van der Waals surface area contributed by atoms with Gasteiger partial charge >= 0.3 is 0 Å². The first-order valence-corrected chi connectivity index (χ1v) is 6.13. The summed E-state index contributed by atoms with van der Waals surface area (Å²) in [7, 11) is 0. The summed E-state index contributed by atoms with van der Waals surface area (Å²) >= 11 is 0. The molecule has 1 nitrogen and oxygen atoms in total. The smallest absolute Gasteiger partial charge is 0.123 e. The van der Waals surface area contributed by atoms with Crippen LogP contribution in [-0.4, -0.2) is 11.7 Å². The molecule has 0 fully saturated rings. The molecule has 0 aliphatic heterocycles. The summed E-state index contributed by atoms with van der Waals surface area (Å²) < 4.78 is 12.9. The van der Waals surface area contributed by atoms with Gasteiger partial charge in [-0.25, -0.2) is 4.39 Å². The fraction of sp³-hybridized carbons (Fsp3) is 0.250. The van der Waals surface area contributed by atoms with Crippen LogP contribution in [0.2, 0.25) is 0 Å². The van der Waals surface area contributed by atoms with Gasteiger partial charge in [-0.1, -0.05) is 42.0 Å². The fourth-order valence-corrected chi connectivity index (χ4v) is 2.15. The monoisotopic (exact) mass is 244 g/mol. The first-order valence-electron chi connectivity index (χ1n) is 6.13. The first kappa shape index (κ1) is 12.8. The van der Waals surface area contributed by atoms with Crippen LogP contribution in [0.1, 0.15) is 29.0 Å². The molecule has 2 aromatic rings. The van der Waals surface area contributed by atoms with E-state index < -0.39 is 0 Å². The number of hydrogen-bond acceptors (Lipinski definition) is 1. The van der Waals surface area contributed by atoms with Crippen molar-refractivity contribution in [3.05, 3.63) is 71.0 Å². The van der Waals surface area contributed by atoms with Gasteiger partial charge in [0.25, 0.3) is 0 Å². The van der Waals surface area contributed by atoms with E-state index in [2.05, 4.69) is 24.3 Å². The lowest BCUT2D eigenvalue weighted by Gasteiger charge is -2.17. The van der Waals surface area contributed by atoms with Gasteiger partial charge in [0.15, 0.2) is 0 Å². The second-order valence-electron chi connectivity index (χ2n) is 4.53. The van der Waals surface area contributed by atoms with Crippen LogP contribution in [0.3, 0.4) is 0 Å². The average Bonchev–Trinajstić information content (AvgIpc) is 2.39. The van der Waals surface area contributed by atoms with Gasteiger partial charge in [0.2, 0.25) is 0 Å². The van der Waals surface area contributed by atoms with Crippen molar-refractivity contribution in [3.63, 3.8) is 0 Å². The quantitative estimate of drug-likeness (QED) is 0.870. The van der Waals surface area contributed by atoms with Crippen LogP contribution >= 0.6 is 0 Å². The van der Waals surface area contributed by atoms with E-state index in [0.717, 1.165) is 11.1 Å². The maximum Gasteiger partial charge on any atom is 0.123 e. The zero-order chi connectivity index (χ0) is 13.0. The molecule has 0 radical (unpaired) electrons. The minimum Gasteiger partial charge on any atom is -0.396 e. The summed E-state index contributed by atoms with van der Waals surface area (Å²) in [5, 5.41) is 9.19. The molecule has 0 aliphatic rings. The summed E-state index contributed by atoms with van der Waals surface area (Å²) in [5.74, 6) is -0.110. The van der Waals surface area contributed by atoms with Gasteiger partial charge in [-0.15, -0.1) is 0 Å². The highest BCUT2D eigenvalue weighted by Crippen LogP contribution is 2.28. The third-order valence-electron chi connectivity index (χ3n) is 3.17. The van der Waals surface area contributed by atoms with Gasteiger partial charge < -0.3 is 5.11 Å². The summed E-state index contributed by atoms with van der Waals surface area (Å²) in [6.07, 6.45) is 0.648. The molecule has 1 atom stereocenters. The van der Waals surface area contributed by atoms with Crippen LogP contribution < -0.4 is 0 Å². The van der Waals surface area contributed by atoms with Crippen molar-refractivity contribution in [1.82, 2.24) is 0 Å². The van der Waals surface area contributed by atoms with Gasteiger partial charge in [-0.05, 0) is 36.6 Å². The Morgan fingerprint density at radius 1 is 0.944 bits per heavy atom. The van der Waals surface area contributed by atoms with Gasteiger partial charge in [-0.2, -0.15) is 0 Å². The minimum atomic E-state index is -0.231. The highest BCUT2D eigenvalue weighted by Gasteiger charge is 2.13. The second kappa shape index (κ2) is 5.78. The van der Waals surface area contributed by atoms with Gasteiger partial charge in [0, 0.05) is 12.5 Å². The summed E-state index contributed by atoms with van der Waals surface area (Å²) in [4.78, 5) is 0.